The van der Waals surface area contributed by atoms with Crippen LogP contribution in [-0.2, 0) is 11.3 Å². The van der Waals surface area contributed by atoms with Gasteiger partial charge in [-0.2, -0.15) is 0 Å². The monoisotopic (exact) mass is 233 g/mol. The van der Waals surface area contributed by atoms with Crippen LogP contribution < -0.4 is 0 Å². The van der Waals surface area contributed by atoms with Gasteiger partial charge >= 0.3 is 0 Å². The van der Waals surface area contributed by atoms with E-state index in [2.05, 4.69) is 39.8 Å². The Bertz CT molecular complexity index is 343. The number of amides is 1. The highest BCUT2D eigenvalue weighted by atomic mass is 16.2. The van der Waals surface area contributed by atoms with E-state index in [0.717, 1.165) is 0 Å². The molecule has 0 fully saturated rings. The Hall–Kier alpha value is -1.31. The Morgan fingerprint density at radius 2 is 1.71 bits per heavy atom. The average Bonchev–Trinajstić information content (AvgIpc) is 2.25. The summed E-state index contributed by atoms with van der Waals surface area (Å²) in [5.74, 6) is 0.665. The number of rotatable bonds is 5. The van der Waals surface area contributed by atoms with Crippen molar-refractivity contribution in [2.24, 2.45) is 5.92 Å². The molecule has 0 unspecified atom stereocenters. The number of benzene rings is 1. The lowest BCUT2D eigenvalue weighted by Gasteiger charge is -2.27. The molecule has 1 aromatic carbocycles. The van der Waals surface area contributed by atoms with E-state index >= 15 is 0 Å². The van der Waals surface area contributed by atoms with Crippen molar-refractivity contribution < 1.29 is 4.79 Å². The topological polar surface area (TPSA) is 20.3 Å². The van der Waals surface area contributed by atoms with E-state index in [9.17, 15) is 4.79 Å². The number of hydrogen-bond donors (Lipinski definition) is 0. The van der Waals surface area contributed by atoms with Crippen molar-refractivity contribution >= 4 is 5.91 Å². The molecular formula is C15H23NO. The van der Waals surface area contributed by atoms with E-state index in [-0.39, 0.29) is 11.9 Å². The zero-order valence-electron chi connectivity index (χ0n) is 11.3. The Morgan fingerprint density at radius 3 is 2.18 bits per heavy atom. The first-order valence-electron chi connectivity index (χ1n) is 6.34. The second kappa shape index (κ2) is 6.43. The SMILES string of the molecule is CC(C)CC(=O)N(Cc1ccccc1)C(C)C. The summed E-state index contributed by atoms with van der Waals surface area (Å²) in [6.45, 7) is 9.02. The van der Waals surface area contributed by atoms with E-state index < -0.39 is 0 Å². The van der Waals surface area contributed by atoms with Gasteiger partial charge in [-0.05, 0) is 25.3 Å². The minimum absolute atomic E-state index is 0.249. The van der Waals surface area contributed by atoms with Crippen LogP contribution in [0.15, 0.2) is 30.3 Å². The standard InChI is InChI=1S/C15H23NO/c1-12(2)10-15(17)16(13(3)4)11-14-8-6-5-7-9-14/h5-9,12-13H,10-11H2,1-4H3. The molecular weight excluding hydrogens is 210 g/mol. The fraction of sp³-hybridized carbons (Fsp3) is 0.533. The molecule has 0 N–H and O–H groups in total. The normalized spacial score (nSPS) is 10.9. The number of carbonyl (C=O) groups is 1. The predicted molar refractivity (Wildman–Crippen MR) is 71.6 cm³/mol. The van der Waals surface area contributed by atoms with Crippen LogP contribution in [0.2, 0.25) is 0 Å². The highest BCUT2D eigenvalue weighted by Crippen LogP contribution is 2.12. The molecule has 0 aliphatic heterocycles. The summed E-state index contributed by atoms with van der Waals surface area (Å²) in [5, 5.41) is 0. The van der Waals surface area contributed by atoms with E-state index in [0.29, 0.717) is 18.9 Å². The van der Waals surface area contributed by atoms with Gasteiger partial charge in [0.25, 0.3) is 0 Å². The molecule has 2 nitrogen and oxygen atoms in total. The third-order valence-corrected chi connectivity index (χ3v) is 2.72. The highest BCUT2D eigenvalue weighted by molar-refractivity contribution is 5.76. The molecule has 2 heteroatoms. The van der Waals surface area contributed by atoms with Crippen LogP contribution in [0.1, 0.15) is 39.7 Å². The lowest BCUT2D eigenvalue weighted by atomic mass is 10.1. The molecule has 0 bridgehead atoms. The van der Waals surface area contributed by atoms with Gasteiger partial charge in [0.05, 0.1) is 0 Å². The molecule has 17 heavy (non-hydrogen) atoms. The quantitative estimate of drug-likeness (QED) is 0.762. The maximum Gasteiger partial charge on any atom is 0.223 e. The molecule has 94 valence electrons. The summed E-state index contributed by atoms with van der Waals surface area (Å²) in [5.41, 5.74) is 1.19. The van der Waals surface area contributed by atoms with Crippen molar-refractivity contribution in [1.82, 2.24) is 4.90 Å². The molecule has 0 saturated heterocycles. The molecule has 0 aromatic heterocycles. The largest absolute Gasteiger partial charge is 0.336 e. The van der Waals surface area contributed by atoms with Crippen molar-refractivity contribution in [2.75, 3.05) is 0 Å². The van der Waals surface area contributed by atoms with Gasteiger partial charge in [-0.3, -0.25) is 4.79 Å². The number of hydrogen-bond acceptors (Lipinski definition) is 1. The summed E-state index contributed by atoms with van der Waals surface area (Å²) in [6.07, 6.45) is 0.630. The zero-order chi connectivity index (χ0) is 12.8. The third-order valence-electron chi connectivity index (χ3n) is 2.72. The van der Waals surface area contributed by atoms with Crippen molar-refractivity contribution in [3.05, 3.63) is 35.9 Å². The molecule has 1 rings (SSSR count). The number of carbonyl (C=O) groups excluding carboxylic acids is 1. The van der Waals surface area contributed by atoms with Gasteiger partial charge < -0.3 is 4.90 Å². The van der Waals surface area contributed by atoms with Crippen molar-refractivity contribution in [1.29, 1.82) is 0 Å². The summed E-state index contributed by atoms with van der Waals surface area (Å²) in [4.78, 5) is 14.1. The van der Waals surface area contributed by atoms with E-state index in [1.54, 1.807) is 0 Å². The second-order valence-electron chi connectivity index (χ2n) is 5.20. The lowest BCUT2D eigenvalue weighted by molar-refractivity contribution is -0.134. The minimum Gasteiger partial charge on any atom is -0.336 e. The molecule has 1 amide bonds. The van der Waals surface area contributed by atoms with Gasteiger partial charge in [0, 0.05) is 19.0 Å². The zero-order valence-corrected chi connectivity index (χ0v) is 11.3. The van der Waals surface area contributed by atoms with Crippen LogP contribution in [0, 0.1) is 5.92 Å². The van der Waals surface area contributed by atoms with Crippen molar-refractivity contribution in [3.63, 3.8) is 0 Å². The summed E-state index contributed by atoms with van der Waals surface area (Å²) in [7, 11) is 0. The van der Waals surface area contributed by atoms with Crippen LogP contribution >= 0.6 is 0 Å². The molecule has 0 spiro atoms. The van der Waals surface area contributed by atoms with Crippen molar-refractivity contribution in [2.45, 2.75) is 46.7 Å². The maximum atomic E-state index is 12.1. The Balaban J connectivity index is 2.70. The number of nitrogens with zero attached hydrogens (tertiary/aromatic N) is 1. The molecule has 0 saturated carbocycles. The molecule has 0 aliphatic rings. The Kier molecular flexibility index (Phi) is 5.20. The molecule has 1 aromatic rings. The van der Waals surface area contributed by atoms with Crippen LogP contribution in [0.3, 0.4) is 0 Å². The Morgan fingerprint density at radius 1 is 1.12 bits per heavy atom. The van der Waals surface area contributed by atoms with Crippen molar-refractivity contribution in [3.8, 4) is 0 Å². The minimum atomic E-state index is 0.249. The second-order valence-corrected chi connectivity index (χ2v) is 5.20. The average molecular weight is 233 g/mol. The van der Waals surface area contributed by atoms with Gasteiger partial charge in [0.15, 0.2) is 0 Å². The fourth-order valence-corrected chi connectivity index (χ4v) is 1.81. The highest BCUT2D eigenvalue weighted by Gasteiger charge is 2.17. The van der Waals surface area contributed by atoms with Crippen LogP contribution in [0.4, 0.5) is 0 Å². The van der Waals surface area contributed by atoms with Gasteiger partial charge in [-0.1, -0.05) is 44.2 Å². The van der Waals surface area contributed by atoms with Gasteiger partial charge in [-0.15, -0.1) is 0 Å². The fourth-order valence-electron chi connectivity index (χ4n) is 1.81. The first-order chi connectivity index (χ1) is 8.00. The third kappa shape index (κ3) is 4.59. The smallest absolute Gasteiger partial charge is 0.223 e. The molecule has 0 atom stereocenters. The van der Waals surface area contributed by atoms with E-state index in [1.807, 2.05) is 23.1 Å². The molecule has 0 radical (unpaired) electrons. The van der Waals surface area contributed by atoms with Crippen LogP contribution in [-0.4, -0.2) is 16.8 Å². The van der Waals surface area contributed by atoms with Crippen LogP contribution in [0.25, 0.3) is 0 Å². The summed E-state index contributed by atoms with van der Waals surface area (Å²) < 4.78 is 0. The van der Waals surface area contributed by atoms with E-state index in [1.165, 1.54) is 5.56 Å². The van der Waals surface area contributed by atoms with Gasteiger partial charge in [0.2, 0.25) is 5.91 Å². The van der Waals surface area contributed by atoms with Crippen LogP contribution in [0.5, 0.6) is 0 Å². The lowest BCUT2D eigenvalue weighted by Crippen LogP contribution is -2.36. The summed E-state index contributed by atoms with van der Waals surface area (Å²) in [6, 6.07) is 10.4. The summed E-state index contributed by atoms with van der Waals surface area (Å²) >= 11 is 0. The first-order valence-corrected chi connectivity index (χ1v) is 6.34. The Labute approximate surface area is 105 Å². The van der Waals surface area contributed by atoms with E-state index in [4.69, 9.17) is 0 Å². The molecule has 0 heterocycles. The van der Waals surface area contributed by atoms with Gasteiger partial charge in [0.1, 0.15) is 0 Å². The maximum absolute atomic E-state index is 12.1. The predicted octanol–water partition coefficient (Wildman–Crippen LogP) is 3.47. The van der Waals surface area contributed by atoms with Gasteiger partial charge in [-0.25, -0.2) is 0 Å². The molecule has 0 aliphatic carbocycles. The first kappa shape index (κ1) is 13.8.